The van der Waals surface area contributed by atoms with Crippen molar-refractivity contribution in [1.82, 2.24) is 9.97 Å². The number of ether oxygens (including phenoxy) is 1. The van der Waals surface area contributed by atoms with Crippen molar-refractivity contribution < 1.29 is 22.1 Å². The summed E-state index contributed by atoms with van der Waals surface area (Å²) in [5.74, 6) is -0.486. The van der Waals surface area contributed by atoms with E-state index < -0.39 is 21.2 Å². The van der Waals surface area contributed by atoms with Crippen LogP contribution >= 0.6 is 0 Å². The predicted molar refractivity (Wildman–Crippen MR) is 52.9 cm³/mol. The van der Waals surface area contributed by atoms with E-state index in [1.807, 2.05) is 0 Å². The zero-order valence-corrected chi connectivity index (χ0v) is 9.32. The van der Waals surface area contributed by atoms with Crippen molar-refractivity contribution in [1.29, 1.82) is 0 Å². The molecule has 0 saturated heterocycles. The molecule has 0 spiro atoms. The topological polar surface area (TPSA) is 89.4 Å². The number of hydrogen-bond acceptors (Lipinski definition) is 5. The van der Waals surface area contributed by atoms with Gasteiger partial charge in [0, 0.05) is 13.5 Å². The fourth-order valence-corrected chi connectivity index (χ4v) is 1.75. The molecule has 0 saturated carbocycles. The van der Waals surface area contributed by atoms with Gasteiger partial charge in [0.05, 0.1) is 19.0 Å². The SMILES string of the molecule is COC[C@H](Cc1ncc(F)cn1)S(=O)(=O)O. The maximum absolute atomic E-state index is 12.5. The van der Waals surface area contributed by atoms with Crippen molar-refractivity contribution in [2.24, 2.45) is 0 Å². The molecule has 0 aliphatic carbocycles. The first-order valence-corrected chi connectivity index (χ1v) is 5.85. The summed E-state index contributed by atoms with van der Waals surface area (Å²) in [6.07, 6.45) is 1.72. The first kappa shape index (κ1) is 12.9. The van der Waals surface area contributed by atoms with E-state index in [2.05, 4.69) is 14.7 Å². The fourth-order valence-electron chi connectivity index (χ4n) is 1.08. The van der Waals surface area contributed by atoms with E-state index in [0.717, 1.165) is 12.4 Å². The molecule has 1 rings (SSSR count). The van der Waals surface area contributed by atoms with Crippen LogP contribution in [-0.2, 0) is 21.3 Å². The molecule has 90 valence electrons. The Bertz CT molecular complexity index is 434. The lowest BCUT2D eigenvalue weighted by Crippen LogP contribution is -2.28. The predicted octanol–water partition coefficient (Wildman–Crippen LogP) is 0.0610. The molecular weight excluding hydrogens is 239 g/mol. The lowest BCUT2D eigenvalue weighted by Gasteiger charge is -2.11. The fraction of sp³-hybridized carbons (Fsp3) is 0.500. The average Bonchev–Trinajstić information content (AvgIpc) is 2.19. The van der Waals surface area contributed by atoms with Gasteiger partial charge < -0.3 is 4.74 Å². The average molecular weight is 250 g/mol. The van der Waals surface area contributed by atoms with Crippen LogP contribution in [0.3, 0.4) is 0 Å². The monoisotopic (exact) mass is 250 g/mol. The highest BCUT2D eigenvalue weighted by molar-refractivity contribution is 7.86. The van der Waals surface area contributed by atoms with Crippen molar-refractivity contribution in [3.05, 3.63) is 24.0 Å². The van der Waals surface area contributed by atoms with Gasteiger partial charge in [-0.3, -0.25) is 4.55 Å². The first-order chi connectivity index (χ1) is 7.43. The minimum atomic E-state index is -4.23. The molecule has 0 amide bonds. The van der Waals surface area contributed by atoms with Gasteiger partial charge in [0.1, 0.15) is 11.1 Å². The summed E-state index contributed by atoms with van der Waals surface area (Å²) in [5.41, 5.74) is 0. The Hall–Kier alpha value is -1.12. The van der Waals surface area contributed by atoms with E-state index in [-0.39, 0.29) is 18.9 Å². The summed E-state index contributed by atoms with van der Waals surface area (Å²) in [6.45, 7) is -0.181. The molecule has 0 bridgehead atoms. The van der Waals surface area contributed by atoms with Gasteiger partial charge in [0.15, 0.2) is 5.82 Å². The van der Waals surface area contributed by atoms with Crippen LogP contribution in [0, 0.1) is 5.82 Å². The minimum Gasteiger partial charge on any atom is -0.383 e. The lowest BCUT2D eigenvalue weighted by molar-refractivity contribution is 0.193. The maximum atomic E-state index is 12.5. The zero-order chi connectivity index (χ0) is 12.2. The molecule has 0 fully saturated rings. The second kappa shape index (κ2) is 5.28. The smallest absolute Gasteiger partial charge is 0.270 e. The van der Waals surface area contributed by atoms with Crippen LogP contribution in [0.4, 0.5) is 4.39 Å². The molecule has 1 N–H and O–H groups in total. The molecule has 0 aliphatic rings. The Labute approximate surface area is 92.2 Å². The molecule has 0 unspecified atom stereocenters. The van der Waals surface area contributed by atoms with Crippen LogP contribution in [0.5, 0.6) is 0 Å². The lowest BCUT2D eigenvalue weighted by atomic mass is 10.3. The van der Waals surface area contributed by atoms with Crippen molar-refractivity contribution in [3.63, 3.8) is 0 Å². The van der Waals surface area contributed by atoms with E-state index in [1.54, 1.807) is 0 Å². The van der Waals surface area contributed by atoms with Crippen LogP contribution in [0.25, 0.3) is 0 Å². The van der Waals surface area contributed by atoms with Gasteiger partial charge in [0.25, 0.3) is 10.1 Å². The number of rotatable bonds is 5. The number of aromatic nitrogens is 2. The van der Waals surface area contributed by atoms with Crippen molar-refractivity contribution >= 4 is 10.1 Å². The number of nitrogens with zero attached hydrogens (tertiary/aromatic N) is 2. The van der Waals surface area contributed by atoms with Crippen molar-refractivity contribution in [2.45, 2.75) is 11.7 Å². The van der Waals surface area contributed by atoms with Crippen LogP contribution < -0.4 is 0 Å². The van der Waals surface area contributed by atoms with Gasteiger partial charge in [-0.15, -0.1) is 0 Å². The molecule has 6 nitrogen and oxygen atoms in total. The molecule has 1 aromatic rings. The normalized spacial score (nSPS) is 13.7. The number of halogens is 1. The van der Waals surface area contributed by atoms with Gasteiger partial charge >= 0.3 is 0 Å². The van der Waals surface area contributed by atoms with E-state index in [9.17, 15) is 12.8 Å². The van der Waals surface area contributed by atoms with Crippen molar-refractivity contribution in [3.8, 4) is 0 Å². The van der Waals surface area contributed by atoms with E-state index >= 15 is 0 Å². The summed E-state index contributed by atoms with van der Waals surface area (Å²) >= 11 is 0. The molecule has 0 aromatic carbocycles. The van der Waals surface area contributed by atoms with Crippen LogP contribution in [0.1, 0.15) is 5.82 Å². The van der Waals surface area contributed by atoms with E-state index in [0.29, 0.717) is 0 Å². The van der Waals surface area contributed by atoms with Gasteiger partial charge in [-0.1, -0.05) is 0 Å². The Morgan fingerprint density at radius 2 is 2.06 bits per heavy atom. The quantitative estimate of drug-likeness (QED) is 0.743. The molecule has 1 heterocycles. The van der Waals surface area contributed by atoms with Crippen molar-refractivity contribution in [2.75, 3.05) is 13.7 Å². The summed E-state index contributed by atoms with van der Waals surface area (Å²) < 4.78 is 47.9. The largest absolute Gasteiger partial charge is 0.383 e. The van der Waals surface area contributed by atoms with Crippen LogP contribution in [-0.4, -0.2) is 41.9 Å². The molecule has 1 atom stereocenters. The van der Waals surface area contributed by atoms with Crippen LogP contribution in [0.2, 0.25) is 0 Å². The molecule has 16 heavy (non-hydrogen) atoms. The second-order valence-corrected chi connectivity index (χ2v) is 4.81. The summed E-state index contributed by atoms with van der Waals surface area (Å²) in [4.78, 5) is 7.19. The summed E-state index contributed by atoms with van der Waals surface area (Å²) in [5, 5.41) is -1.15. The Balaban J connectivity index is 2.80. The molecule has 1 aromatic heterocycles. The third kappa shape index (κ3) is 3.80. The highest BCUT2D eigenvalue weighted by atomic mass is 32.2. The Morgan fingerprint density at radius 3 is 2.50 bits per heavy atom. The van der Waals surface area contributed by atoms with E-state index in [4.69, 9.17) is 4.55 Å². The summed E-state index contributed by atoms with van der Waals surface area (Å²) in [7, 11) is -2.92. The van der Waals surface area contributed by atoms with Gasteiger partial charge in [-0.25, -0.2) is 14.4 Å². The molecule has 0 aliphatic heterocycles. The molecular formula is C8H11FN2O4S. The molecule has 0 radical (unpaired) electrons. The van der Waals surface area contributed by atoms with Crippen LogP contribution in [0.15, 0.2) is 12.4 Å². The number of hydrogen-bond donors (Lipinski definition) is 1. The highest BCUT2D eigenvalue weighted by Gasteiger charge is 2.24. The van der Waals surface area contributed by atoms with E-state index in [1.165, 1.54) is 7.11 Å². The highest BCUT2D eigenvalue weighted by Crippen LogP contribution is 2.06. The molecule has 8 heteroatoms. The first-order valence-electron chi connectivity index (χ1n) is 4.35. The Morgan fingerprint density at radius 1 is 1.50 bits per heavy atom. The van der Waals surface area contributed by atoms with Gasteiger partial charge in [0.2, 0.25) is 0 Å². The standard InChI is InChI=1S/C8H11FN2O4S/c1-15-5-7(16(12,13)14)2-8-10-3-6(9)4-11-8/h3-4,7H,2,5H2,1H3,(H,12,13,14)/t7-/m0/s1. The zero-order valence-electron chi connectivity index (χ0n) is 8.50. The third-order valence-electron chi connectivity index (χ3n) is 1.86. The van der Waals surface area contributed by atoms with Gasteiger partial charge in [-0.2, -0.15) is 8.42 Å². The second-order valence-electron chi connectivity index (χ2n) is 3.11. The van der Waals surface area contributed by atoms with Gasteiger partial charge in [-0.05, 0) is 0 Å². The maximum Gasteiger partial charge on any atom is 0.270 e. The minimum absolute atomic E-state index is 0.126. The summed E-state index contributed by atoms with van der Waals surface area (Å²) in [6, 6.07) is 0. The third-order valence-corrected chi connectivity index (χ3v) is 3.00. The number of methoxy groups -OCH3 is 1. The Kier molecular flexibility index (Phi) is 4.27.